The first-order valence-electron chi connectivity index (χ1n) is 15.7. The molecule has 7 heteroatoms. The lowest BCUT2D eigenvalue weighted by molar-refractivity contribution is -0.00828. The average Bonchev–Trinajstić information content (AvgIpc) is 3.24. The Morgan fingerprint density at radius 1 is 1.10 bits per heavy atom. The topological polar surface area (TPSA) is 71.8 Å². The number of hydrogen-bond acceptors (Lipinski definition) is 4. The van der Waals surface area contributed by atoms with Crippen LogP contribution >= 0.6 is 11.6 Å². The summed E-state index contributed by atoms with van der Waals surface area (Å²) >= 11 is 6.69. The molecule has 228 valence electrons. The maximum atomic E-state index is 12.6. The van der Waals surface area contributed by atoms with Crippen molar-refractivity contribution in [2.24, 2.45) is 10.8 Å². The third-order valence-electron chi connectivity index (χ3n) is 9.16. The van der Waals surface area contributed by atoms with E-state index in [9.17, 15) is 14.7 Å². The van der Waals surface area contributed by atoms with Crippen molar-refractivity contribution in [3.05, 3.63) is 50.8 Å². The molecular formula is C34H51ClN2O4. The summed E-state index contributed by atoms with van der Waals surface area (Å²) in [6, 6.07) is 5.49. The molecule has 0 spiro atoms. The van der Waals surface area contributed by atoms with Crippen molar-refractivity contribution in [2.45, 2.75) is 106 Å². The van der Waals surface area contributed by atoms with Crippen molar-refractivity contribution < 1.29 is 14.6 Å². The Balaban J connectivity index is 0.000000868. The predicted octanol–water partition coefficient (Wildman–Crippen LogP) is 8.66. The normalized spacial score (nSPS) is 21.1. The number of pyridine rings is 1. The van der Waals surface area contributed by atoms with Crippen molar-refractivity contribution >= 4 is 17.6 Å². The highest BCUT2D eigenvalue weighted by Gasteiger charge is 2.47. The third kappa shape index (κ3) is 6.69. The van der Waals surface area contributed by atoms with Crippen molar-refractivity contribution in [1.82, 2.24) is 9.47 Å². The van der Waals surface area contributed by atoms with E-state index in [4.69, 9.17) is 16.3 Å². The van der Waals surface area contributed by atoms with Crippen LogP contribution in [0.1, 0.15) is 122 Å². The SMILES string of the molecule is CC.CCC.CCC1(CC)CN(CCCOc2cc3c(cc2Cl)-c2cc(=O)c(C(=O)O)cn2[C@H]2[C@@H]3CCC2(C)C)C1. The third-order valence-corrected chi connectivity index (χ3v) is 9.46. The van der Waals surface area contributed by atoms with E-state index in [0.717, 1.165) is 42.6 Å². The average molecular weight is 587 g/mol. The van der Waals surface area contributed by atoms with Gasteiger partial charge in [0, 0.05) is 49.4 Å². The number of carbonyl (C=O) groups is 1. The lowest BCUT2D eigenvalue weighted by Gasteiger charge is -2.50. The predicted molar refractivity (Wildman–Crippen MR) is 170 cm³/mol. The van der Waals surface area contributed by atoms with Gasteiger partial charge in [0.2, 0.25) is 0 Å². The zero-order chi connectivity index (χ0) is 30.5. The first-order chi connectivity index (χ1) is 19.5. The minimum atomic E-state index is -1.19. The van der Waals surface area contributed by atoms with Gasteiger partial charge in [-0.05, 0) is 60.6 Å². The van der Waals surface area contributed by atoms with Crippen molar-refractivity contribution in [1.29, 1.82) is 0 Å². The Labute approximate surface area is 252 Å². The Morgan fingerprint density at radius 2 is 1.73 bits per heavy atom. The summed E-state index contributed by atoms with van der Waals surface area (Å²) in [5, 5.41) is 10.1. The van der Waals surface area contributed by atoms with Crippen LogP contribution in [-0.2, 0) is 0 Å². The molecule has 1 saturated carbocycles. The molecule has 0 radical (unpaired) electrons. The standard InChI is InChI=1S/C29H37ClN2O4.C3H8.C2H6/c1-5-29(6-2)16-31(17-29)10-7-11-36-25-13-19-18-8-9-28(3,4)26(18)32-15-21(27(34)35)24(33)14-23(32)20(19)12-22(25)30;1-3-2;1-2/h12-15,18,26H,5-11,16-17H2,1-4H3,(H,34,35);3H2,1-2H3;1-2H3/t18-,26+;;/m1../s1. The molecule has 1 N–H and O–H groups in total. The summed E-state index contributed by atoms with van der Waals surface area (Å²) in [6.07, 6.45) is 8.23. The zero-order valence-corrected chi connectivity index (χ0v) is 27.2. The lowest BCUT2D eigenvalue weighted by Crippen LogP contribution is -2.55. The summed E-state index contributed by atoms with van der Waals surface area (Å²) in [5.74, 6) is -0.288. The van der Waals surface area contributed by atoms with E-state index < -0.39 is 11.4 Å². The second kappa shape index (κ2) is 13.8. The summed E-state index contributed by atoms with van der Waals surface area (Å²) < 4.78 is 8.20. The molecule has 41 heavy (non-hydrogen) atoms. The van der Waals surface area contributed by atoms with Crippen LogP contribution < -0.4 is 10.2 Å². The minimum absolute atomic E-state index is 0.0357. The number of carboxylic acid groups (broad SMARTS) is 1. The lowest BCUT2D eigenvalue weighted by atomic mass is 9.75. The Bertz CT molecular complexity index is 1260. The maximum Gasteiger partial charge on any atom is 0.341 e. The molecule has 3 heterocycles. The van der Waals surface area contributed by atoms with Crippen LogP contribution in [0.4, 0.5) is 0 Å². The molecule has 1 aromatic carbocycles. The minimum Gasteiger partial charge on any atom is -0.492 e. The largest absolute Gasteiger partial charge is 0.492 e. The van der Waals surface area contributed by atoms with Gasteiger partial charge in [0.05, 0.1) is 17.3 Å². The highest BCUT2D eigenvalue weighted by Crippen LogP contribution is 2.59. The summed E-state index contributed by atoms with van der Waals surface area (Å²) in [6.45, 7) is 21.3. The summed E-state index contributed by atoms with van der Waals surface area (Å²) in [4.78, 5) is 26.8. The molecule has 0 amide bonds. The Morgan fingerprint density at radius 3 is 2.32 bits per heavy atom. The van der Waals surface area contributed by atoms with Gasteiger partial charge in [-0.3, -0.25) is 4.79 Å². The summed E-state index contributed by atoms with van der Waals surface area (Å²) in [5.41, 5.74) is 2.59. The smallest absolute Gasteiger partial charge is 0.341 e. The van der Waals surface area contributed by atoms with E-state index >= 15 is 0 Å². The monoisotopic (exact) mass is 586 g/mol. The number of aromatic carboxylic acids is 1. The summed E-state index contributed by atoms with van der Waals surface area (Å²) in [7, 11) is 0. The number of rotatable bonds is 8. The maximum absolute atomic E-state index is 12.6. The van der Waals surface area contributed by atoms with E-state index in [0.29, 0.717) is 22.8 Å². The van der Waals surface area contributed by atoms with Crippen molar-refractivity contribution in [2.75, 3.05) is 26.2 Å². The number of fused-ring (bicyclic) bond motifs is 6. The molecule has 6 nitrogen and oxygen atoms in total. The van der Waals surface area contributed by atoms with Crippen LogP contribution in [0.2, 0.25) is 5.02 Å². The van der Waals surface area contributed by atoms with Gasteiger partial charge in [-0.25, -0.2) is 4.79 Å². The fourth-order valence-corrected chi connectivity index (χ4v) is 7.08. The number of carboxylic acids is 1. The molecule has 2 aromatic rings. The van der Waals surface area contributed by atoms with Crippen LogP contribution in [-0.4, -0.2) is 46.8 Å². The van der Waals surface area contributed by atoms with Gasteiger partial charge < -0.3 is 19.3 Å². The van der Waals surface area contributed by atoms with E-state index in [1.54, 1.807) is 0 Å². The van der Waals surface area contributed by atoms with E-state index in [2.05, 4.69) is 52.5 Å². The first-order valence-corrected chi connectivity index (χ1v) is 16.1. The number of aromatic nitrogens is 1. The van der Waals surface area contributed by atoms with Crippen LogP contribution in [0, 0.1) is 10.8 Å². The van der Waals surface area contributed by atoms with Gasteiger partial charge in [0.1, 0.15) is 11.3 Å². The number of ether oxygens (including phenoxy) is 1. The highest BCUT2D eigenvalue weighted by atomic mass is 35.5. The van der Waals surface area contributed by atoms with Gasteiger partial charge >= 0.3 is 5.97 Å². The number of hydrogen-bond donors (Lipinski definition) is 1. The Hall–Kier alpha value is -2.31. The number of halogens is 1. The van der Waals surface area contributed by atoms with Crippen LogP contribution in [0.3, 0.4) is 0 Å². The molecule has 1 saturated heterocycles. The fraction of sp³-hybridized carbons (Fsp3) is 0.647. The molecule has 1 aliphatic carbocycles. The van der Waals surface area contributed by atoms with E-state index in [1.165, 1.54) is 44.6 Å². The second-order valence-electron chi connectivity index (χ2n) is 12.4. The molecular weight excluding hydrogens is 536 g/mol. The highest BCUT2D eigenvalue weighted by molar-refractivity contribution is 6.32. The molecule has 1 aromatic heterocycles. The number of benzene rings is 1. The fourth-order valence-electron chi connectivity index (χ4n) is 6.87. The van der Waals surface area contributed by atoms with E-state index in [1.807, 2.05) is 24.5 Å². The van der Waals surface area contributed by atoms with Crippen molar-refractivity contribution in [3.63, 3.8) is 0 Å². The van der Waals surface area contributed by atoms with Crippen molar-refractivity contribution in [3.8, 4) is 17.0 Å². The van der Waals surface area contributed by atoms with Gasteiger partial charge in [0.25, 0.3) is 0 Å². The van der Waals surface area contributed by atoms with Crippen LogP contribution in [0.25, 0.3) is 11.3 Å². The molecule has 3 aliphatic rings. The van der Waals surface area contributed by atoms with Gasteiger partial charge in [-0.15, -0.1) is 0 Å². The van der Waals surface area contributed by atoms with Gasteiger partial charge in [-0.2, -0.15) is 0 Å². The molecule has 0 unspecified atom stereocenters. The molecule has 2 atom stereocenters. The van der Waals surface area contributed by atoms with Crippen LogP contribution in [0.15, 0.2) is 29.2 Å². The molecule has 0 bridgehead atoms. The molecule has 5 rings (SSSR count). The van der Waals surface area contributed by atoms with E-state index in [-0.39, 0.29) is 22.9 Å². The quantitative estimate of drug-likeness (QED) is 0.313. The molecule has 2 aliphatic heterocycles. The van der Waals surface area contributed by atoms with Gasteiger partial charge in [-0.1, -0.05) is 73.4 Å². The second-order valence-corrected chi connectivity index (χ2v) is 12.8. The van der Waals surface area contributed by atoms with Gasteiger partial charge in [0.15, 0.2) is 5.43 Å². The number of likely N-dealkylation sites (tertiary alicyclic amines) is 1. The zero-order valence-electron chi connectivity index (χ0n) is 26.5. The van der Waals surface area contributed by atoms with Crippen LogP contribution in [0.5, 0.6) is 5.75 Å². The Kier molecular flexibility index (Phi) is 11.2. The number of nitrogens with zero attached hydrogens (tertiary/aromatic N) is 2. The molecule has 2 fully saturated rings. The first kappa shape index (κ1) is 33.2.